The summed E-state index contributed by atoms with van der Waals surface area (Å²) >= 11 is 0. The minimum absolute atomic E-state index is 0. The van der Waals surface area contributed by atoms with Gasteiger partial charge in [-0.2, -0.15) is 4.57 Å². The van der Waals surface area contributed by atoms with E-state index in [1.165, 1.54) is 10.9 Å². The van der Waals surface area contributed by atoms with Crippen molar-refractivity contribution >= 4 is 10.9 Å². The predicted octanol–water partition coefficient (Wildman–Crippen LogP) is -0.314. The summed E-state index contributed by atoms with van der Waals surface area (Å²) < 4.78 is 2.28. The van der Waals surface area contributed by atoms with Crippen molar-refractivity contribution < 1.29 is 26.7 Å². The van der Waals surface area contributed by atoms with Crippen molar-refractivity contribution in [3.05, 3.63) is 42.6 Å². The summed E-state index contributed by atoms with van der Waals surface area (Å²) in [5, 5.41) is 10.5. The molecule has 1 unspecified atom stereocenters. The van der Waals surface area contributed by atoms with Gasteiger partial charge in [0.25, 0.3) is 0 Å². The molecule has 0 bridgehead atoms. The van der Waals surface area contributed by atoms with E-state index >= 15 is 0 Å². The SMILES string of the molecule is C#CC(O)CCCCC[n+]1cccc2ccccc21.[Br-]. The fourth-order valence-corrected chi connectivity index (χ4v) is 2.30. The summed E-state index contributed by atoms with van der Waals surface area (Å²) in [4.78, 5) is 0. The minimum atomic E-state index is -0.579. The molecule has 2 nitrogen and oxygen atoms in total. The molecule has 2 aromatic rings. The van der Waals surface area contributed by atoms with Crippen LogP contribution in [-0.4, -0.2) is 11.2 Å². The number of unbranched alkanes of at least 4 members (excludes halogenated alkanes) is 2. The van der Waals surface area contributed by atoms with Crippen LogP contribution in [0.2, 0.25) is 0 Å². The van der Waals surface area contributed by atoms with E-state index < -0.39 is 6.10 Å². The summed E-state index contributed by atoms with van der Waals surface area (Å²) in [6, 6.07) is 12.6. The van der Waals surface area contributed by atoms with Crippen LogP contribution in [0.25, 0.3) is 10.9 Å². The Morgan fingerprint density at radius 2 is 1.85 bits per heavy atom. The second kappa shape index (κ2) is 8.73. The van der Waals surface area contributed by atoms with Gasteiger partial charge in [-0.3, -0.25) is 0 Å². The lowest BCUT2D eigenvalue weighted by molar-refractivity contribution is -0.671. The molecule has 20 heavy (non-hydrogen) atoms. The molecule has 0 aliphatic rings. The van der Waals surface area contributed by atoms with E-state index in [4.69, 9.17) is 6.42 Å². The van der Waals surface area contributed by atoms with Crippen molar-refractivity contribution in [3.8, 4) is 12.3 Å². The number of aliphatic hydroxyl groups excluding tert-OH is 1. The van der Waals surface area contributed by atoms with Crippen molar-refractivity contribution in [1.29, 1.82) is 0 Å². The first-order valence-electron chi connectivity index (χ1n) is 6.82. The van der Waals surface area contributed by atoms with Crippen LogP contribution in [0, 0.1) is 12.3 Å². The third-order valence-corrected chi connectivity index (χ3v) is 3.36. The fourth-order valence-electron chi connectivity index (χ4n) is 2.30. The van der Waals surface area contributed by atoms with Crippen LogP contribution in [0.4, 0.5) is 0 Å². The van der Waals surface area contributed by atoms with Gasteiger partial charge in [0.05, 0.1) is 0 Å². The first-order chi connectivity index (χ1) is 9.31. The number of hydrogen-bond acceptors (Lipinski definition) is 1. The van der Waals surface area contributed by atoms with E-state index in [0.717, 1.165) is 25.8 Å². The lowest BCUT2D eigenvalue weighted by Crippen LogP contribution is -3.00. The Kier molecular flexibility index (Phi) is 7.28. The molecule has 1 atom stereocenters. The van der Waals surface area contributed by atoms with E-state index in [9.17, 15) is 5.11 Å². The molecular weight excluding hydrogens is 314 g/mol. The number of terminal acetylenes is 1. The minimum Gasteiger partial charge on any atom is -1.00 e. The van der Waals surface area contributed by atoms with Crippen LogP contribution in [0.5, 0.6) is 0 Å². The average molecular weight is 334 g/mol. The van der Waals surface area contributed by atoms with Gasteiger partial charge in [0, 0.05) is 23.9 Å². The van der Waals surface area contributed by atoms with Gasteiger partial charge in [-0.1, -0.05) is 18.1 Å². The number of halogens is 1. The Morgan fingerprint density at radius 1 is 1.10 bits per heavy atom. The number of aliphatic hydroxyl groups is 1. The number of para-hydroxylation sites is 1. The molecular formula is C17H20BrNO. The maximum Gasteiger partial charge on any atom is 0.212 e. The number of benzene rings is 1. The van der Waals surface area contributed by atoms with Crippen molar-refractivity contribution in [2.75, 3.05) is 0 Å². The lowest BCUT2D eigenvalue weighted by atomic mass is 10.1. The van der Waals surface area contributed by atoms with Gasteiger partial charge in [-0.25, -0.2) is 0 Å². The number of nitrogens with zero attached hydrogens (tertiary/aromatic N) is 1. The molecule has 0 saturated heterocycles. The maximum atomic E-state index is 9.27. The molecule has 0 saturated carbocycles. The van der Waals surface area contributed by atoms with Gasteiger partial charge in [0.15, 0.2) is 6.20 Å². The zero-order valence-corrected chi connectivity index (χ0v) is 13.1. The van der Waals surface area contributed by atoms with Gasteiger partial charge in [-0.15, -0.1) is 6.42 Å². The number of aromatic nitrogens is 1. The first kappa shape index (κ1) is 16.7. The number of rotatable bonds is 6. The Labute approximate surface area is 131 Å². The van der Waals surface area contributed by atoms with Gasteiger partial charge < -0.3 is 22.1 Å². The van der Waals surface area contributed by atoms with Crippen LogP contribution in [0.3, 0.4) is 0 Å². The quantitative estimate of drug-likeness (QED) is 0.437. The van der Waals surface area contributed by atoms with Crippen molar-refractivity contribution in [2.24, 2.45) is 0 Å². The summed E-state index contributed by atoms with van der Waals surface area (Å²) in [5.74, 6) is 2.35. The highest BCUT2D eigenvalue weighted by atomic mass is 79.9. The molecule has 106 valence electrons. The van der Waals surface area contributed by atoms with Crippen LogP contribution >= 0.6 is 0 Å². The molecule has 0 spiro atoms. The summed E-state index contributed by atoms with van der Waals surface area (Å²) in [7, 11) is 0. The second-order valence-electron chi connectivity index (χ2n) is 4.79. The normalized spacial score (nSPS) is 11.6. The molecule has 3 heteroatoms. The van der Waals surface area contributed by atoms with E-state index in [0.29, 0.717) is 6.42 Å². The van der Waals surface area contributed by atoms with Crippen molar-refractivity contribution in [2.45, 2.75) is 38.3 Å². The molecule has 0 radical (unpaired) electrons. The predicted molar refractivity (Wildman–Crippen MR) is 77.5 cm³/mol. The molecule has 0 aliphatic carbocycles. The highest BCUT2D eigenvalue weighted by molar-refractivity contribution is 5.74. The highest BCUT2D eigenvalue weighted by Crippen LogP contribution is 2.09. The Morgan fingerprint density at radius 3 is 2.65 bits per heavy atom. The number of pyridine rings is 1. The smallest absolute Gasteiger partial charge is 0.212 e. The zero-order chi connectivity index (χ0) is 13.5. The highest BCUT2D eigenvalue weighted by Gasteiger charge is 2.07. The maximum absolute atomic E-state index is 9.27. The zero-order valence-electron chi connectivity index (χ0n) is 11.5. The molecule has 1 aromatic heterocycles. The van der Waals surface area contributed by atoms with E-state index in [1.54, 1.807) is 0 Å². The van der Waals surface area contributed by atoms with E-state index in [2.05, 4.69) is 53.1 Å². The monoisotopic (exact) mass is 333 g/mol. The lowest BCUT2D eigenvalue weighted by Gasteiger charge is -2.03. The molecule has 1 aromatic carbocycles. The average Bonchev–Trinajstić information content (AvgIpc) is 2.46. The largest absolute Gasteiger partial charge is 1.00 e. The second-order valence-corrected chi connectivity index (χ2v) is 4.79. The molecule has 1 N–H and O–H groups in total. The van der Waals surface area contributed by atoms with Crippen LogP contribution in [0.1, 0.15) is 25.7 Å². The number of fused-ring (bicyclic) bond motifs is 1. The standard InChI is InChI=1S/C17H20NO.BrH/c1-2-16(19)11-4-3-7-13-18-14-8-10-15-9-5-6-12-17(15)18;/h1,5-6,8-10,12,14,16,19H,3-4,7,11,13H2;1H/q+1;/p-1. The number of aryl methyl sites for hydroxylation is 1. The summed E-state index contributed by atoms with van der Waals surface area (Å²) in [6.07, 6.45) is 10.6. The molecule has 0 fully saturated rings. The molecule has 0 amide bonds. The topological polar surface area (TPSA) is 24.1 Å². The molecule has 0 aliphatic heterocycles. The van der Waals surface area contributed by atoms with Gasteiger partial charge in [0.2, 0.25) is 5.52 Å². The Bertz CT molecular complexity index is 571. The molecule has 2 rings (SSSR count). The van der Waals surface area contributed by atoms with Crippen LogP contribution < -0.4 is 21.5 Å². The fraction of sp³-hybridized carbons (Fsp3) is 0.353. The molecule has 1 heterocycles. The Balaban J connectivity index is 0.00000200. The van der Waals surface area contributed by atoms with Gasteiger partial charge >= 0.3 is 0 Å². The first-order valence-corrected chi connectivity index (χ1v) is 6.82. The van der Waals surface area contributed by atoms with Crippen LogP contribution in [0.15, 0.2) is 42.6 Å². The Hall–Kier alpha value is -1.37. The van der Waals surface area contributed by atoms with Crippen molar-refractivity contribution in [3.63, 3.8) is 0 Å². The number of hydrogen-bond donors (Lipinski definition) is 1. The summed E-state index contributed by atoms with van der Waals surface area (Å²) in [5.41, 5.74) is 1.27. The van der Waals surface area contributed by atoms with E-state index in [1.807, 2.05) is 0 Å². The third-order valence-electron chi connectivity index (χ3n) is 3.36. The van der Waals surface area contributed by atoms with Crippen molar-refractivity contribution in [1.82, 2.24) is 0 Å². The van der Waals surface area contributed by atoms with Gasteiger partial charge in [-0.05, 0) is 31.4 Å². The van der Waals surface area contributed by atoms with Gasteiger partial charge in [0.1, 0.15) is 12.6 Å². The van der Waals surface area contributed by atoms with Crippen LogP contribution in [-0.2, 0) is 6.54 Å². The summed E-state index contributed by atoms with van der Waals surface area (Å²) in [6.45, 7) is 1.01. The van der Waals surface area contributed by atoms with E-state index in [-0.39, 0.29) is 17.0 Å². The third kappa shape index (κ3) is 4.63.